The molecule has 1 amide bonds. The molecule has 120 valence electrons. The Morgan fingerprint density at radius 2 is 2.04 bits per heavy atom. The number of aromatic nitrogens is 1. The zero-order chi connectivity index (χ0) is 16.4. The average Bonchev–Trinajstić information content (AvgIpc) is 3.04. The van der Waals surface area contributed by atoms with Crippen molar-refractivity contribution in [3.63, 3.8) is 0 Å². The van der Waals surface area contributed by atoms with Crippen LogP contribution in [0.15, 0.2) is 29.6 Å². The minimum atomic E-state index is -0.783. The number of thiazole rings is 1. The molecular weight excluding hydrogens is 336 g/mol. The molecule has 1 N–H and O–H groups in total. The van der Waals surface area contributed by atoms with Crippen LogP contribution >= 0.6 is 22.9 Å². The Bertz CT molecular complexity index is 738. The van der Waals surface area contributed by atoms with Crippen LogP contribution in [-0.2, 0) is 4.79 Å². The quantitative estimate of drug-likeness (QED) is 0.921. The number of carbonyl (C=O) groups excluding carboxylic acids is 1. The van der Waals surface area contributed by atoms with Gasteiger partial charge in [0.25, 0.3) is 5.91 Å². The summed E-state index contributed by atoms with van der Waals surface area (Å²) in [5, 5.41) is 12.1. The Morgan fingerprint density at radius 1 is 1.30 bits per heavy atom. The summed E-state index contributed by atoms with van der Waals surface area (Å²) in [4.78, 5) is 29.5. The molecule has 23 heavy (non-hydrogen) atoms. The van der Waals surface area contributed by atoms with E-state index in [1.54, 1.807) is 16.3 Å². The van der Waals surface area contributed by atoms with Gasteiger partial charge in [-0.05, 0) is 25.0 Å². The van der Waals surface area contributed by atoms with Crippen LogP contribution in [0.2, 0.25) is 5.02 Å². The second-order valence-electron chi connectivity index (χ2n) is 5.45. The van der Waals surface area contributed by atoms with Crippen molar-refractivity contribution in [1.82, 2.24) is 9.88 Å². The van der Waals surface area contributed by atoms with Gasteiger partial charge in [-0.25, -0.2) is 4.98 Å². The molecule has 5 nitrogen and oxygen atoms in total. The number of hydrogen-bond donors (Lipinski definition) is 1. The maximum atomic E-state index is 12.5. The molecule has 1 aromatic heterocycles. The maximum absolute atomic E-state index is 12.5. The third-order valence-corrected chi connectivity index (χ3v) is 5.05. The first-order valence-corrected chi connectivity index (χ1v) is 8.54. The lowest BCUT2D eigenvalue weighted by molar-refractivity contribution is -0.143. The van der Waals surface area contributed by atoms with Gasteiger partial charge in [0, 0.05) is 29.1 Å². The predicted molar refractivity (Wildman–Crippen MR) is 88.8 cm³/mol. The number of hydrogen-bond acceptors (Lipinski definition) is 4. The highest BCUT2D eigenvalue weighted by molar-refractivity contribution is 7.13. The first-order valence-electron chi connectivity index (χ1n) is 7.28. The average molecular weight is 351 g/mol. The standard InChI is InChI=1S/C16H15ClN2O3S/c17-12-3-1-2-11(8-12)14-18-13(9-23-14)15(20)19-6-4-10(5-7-19)16(21)22/h1-3,8-10H,4-7H2,(H,21,22). The summed E-state index contributed by atoms with van der Waals surface area (Å²) in [5.74, 6) is -1.27. The van der Waals surface area contributed by atoms with E-state index >= 15 is 0 Å². The third-order valence-electron chi connectivity index (χ3n) is 3.93. The van der Waals surface area contributed by atoms with Crippen molar-refractivity contribution in [2.45, 2.75) is 12.8 Å². The molecule has 3 rings (SSSR count). The Kier molecular flexibility index (Phi) is 4.63. The van der Waals surface area contributed by atoms with Gasteiger partial charge in [-0.1, -0.05) is 23.7 Å². The van der Waals surface area contributed by atoms with E-state index in [0.29, 0.717) is 36.6 Å². The van der Waals surface area contributed by atoms with E-state index < -0.39 is 5.97 Å². The molecule has 1 saturated heterocycles. The SMILES string of the molecule is O=C(O)C1CCN(C(=O)c2csc(-c3cccc(Cl)c3)n2)CC1. The number of likely N-dealkylation sites (tertiary alicyclic amines) is 1. The van der Waals surface area contributed by atoms with Crippen molar-refractivity contribution in [2.75, 3.05) is 13.1 Å². The molecule has 0 unspecified atom stereocenters. The van der Waals surface area contributed by atoms with Gasteiger partial charge < -0.3 is 10.0 Å². The van der Waals surface area contributed by atoms with Crippen molar-refractivity contribution in [2.24, 2.45) is 5.92 Å². The van der Waals surface area contributed by atoms with Crippen LogP contribution in [0.1, 0.15) is 23.3 Å². The van der Waals surface area contributed by atoms with Gasteiger partial charge in [-0.2, -0.15) is 0 Å². The van der Waals surface area contributed by atoms with E-state index in [1.807, 2.05) is 18.2 Å². The van der Waals surface area contributed by atoms with Gasteiger partial charge in [0.1, 0.15) is 10.7 Å². The highest BCUT2D eigenvalue weighted by atomic mass is 35.5. The lowest BCUT2D eigenvalue weighted by Crippen LogP contribution is -2.40. The molecule has 0 atom stereocenters. The Labute approximate surface area is 142 Å². The van der Waals surface area contributed by atoms with E-state index in [1.165, 1.54) is 11.3 Å². The Hall–Kier alpha value is -1.92. The number of aliphatic carboxylic acids is 1. The number of carboxylic acid groups (broad SMARTS) is 1. The minimum absolute atomic E-state index is 0.140. The first-order chi connectivity index (χ1) is 11.0. The summed E-state index contributed by atoms with van der Waals surface area (Å²) in [6, 6.07) is 7.35. The molecule has 1 aliphatic heterocycles. The number of halogens is 1. The minimum Gasteiger partial charge on any atom is -0.481 e. The normalized spacial score (nSPS) is 15.6. The molecule has 0 saturated carbocycles. The molecule has 7 heteroatoms. The van der Waals surface area contributed by atoms with Crippen LogP contribution in [0.4, 0.5) is 0 Å². The highest BCUT2D eigenvalue weighted by Gasteiger charge is 2.28. The fourth-order valence-corrected chi connectivity index (χ4v) is 3.60. The molecule has 0 radical (unpaired) electrons. The van der Waals surface area contributed by atoms with Gasteiger partial charge >= 0.3 is 5.97 Å². The summed E-state index contributed by atoms with van der Waals surface area (Å²) in [7, 11) is 0. The van der Waals surface area contributed by atoms with Crippen LogP contribution in [0.25, 0.3) is 10.6 Å². The number of benzene rings is 1. The number of amides is 1. The van der Waals surface area contributed by atoms with Gasteiger partial charge in [0.05, 0.1) is 5.92 Å². The summed E-state index contributed by atoms with van der Waals surface area (Å²) in [5.41, 5.74) is 1.28. The Balaban J connectivity index is 1.71. The van der Waals surface area contributed by atoms with E-state index in [-0.39, 0.29) is 11.8 Å². The van der Waals surface area contributed by atoms with Crippen LogP contribution < -0.4 is 0 Å². The molecular formula is C16H15ClN2O3S. The van der Waals surface area contributed by atoms with Crippen molar-refractivity contribution in [3.05, 3.63) is 40.4 Å². The highest BCUT2D eigenvalue weighted by Crippen LogP contribution is 2.27. The molecule has 0 aliphatic carbocycles. The van der Waals surface area contributed by atoms with Crippen LogP contribution in [0.5, 0.6) is 0 Å². The number of carbonyl (C=O) groups is 2. The van der Waals surface area contributed by atoms with Crippen molar-refractivity contribution in [3.8, 4) is 10.6 Å². The summed E-state index contributed by atoms with van der Waals surface area (Å²) in [6.45, 7) is 0.916. The Morgan fingerprint density at radius 3 is 2.70 bits per heavy atom. The summed E-state index contributed by atoms with van der Waals surface area (Å²) >= 11 is 7.38. The van der Waals surface area contributed by atoms with Gasteiger partial charge in [0.15, 0.2) is 0 Å². The monoisotopic (exact) mass is 350 g/mol. The maximum Gasteiger partial charge on any atom is 0.306 e. The zero-order valence-corrected chi connectivity index (χ0v) is 13.8. The predicted octanol–water partition coefficient (Wildman–Crippen LogP) is 3.40. The zero-order valence-electron chi connectivity index (χ0n) is 12.2. The molecule has 2 heterocycles. The van der Waals surface area contributed by atoms with Gasteiger partial charge in [-0.3, -0.25) is 9.59 Å². The van der Waals surface area contributed by atoms with Crippen LogP contribution in [-0.4, -0.2) is 40.0 Å². The fraction of sp³-hybridized carbons (Fsp3) is 0.312. The number of rotatable bonds is 3. The summed E-state index contributed by atoms with van der Waals surface area (Å²) < 4.78 is 0. The number of carboxylic acids is 1. The van der Waals surface area contributed by atoms with Gasteiger partial charge in [0.2, 0.25) is 0 Å². The van der Waals surface area contributed by atoms with Crippen LogP contribution in [0, 0.1) is 5.92 Å². The number of nitrogens with zero attached hydrogens (tertiary/aromatic N) is 2. The van der Waals surface area contributed by atoms with E-state index in [4.69, 9.17) is 16.7 Å². The molecule has 1 aromatic carbocycles. The van der Waals surface area contributed by atoms with Crippen molar-refractivity contribution < 1.29 is 14.7 Å². The molecule has 1 aliphatic rings. The van der Waals surface area contributed by atoms with Gasteiger partial charge in [-0.15, -0.1) is 11.3 Å². The van der Waals surface area contributed by atoms with E-state index in [0.717, 1.165) is 10.6 Å². The molecule has 0 bridgehead atoms. The topological polar surface area (TPSA) is 70.5 Å². The van der Waals surface area contributed by atoms with Crippen molar-refractivity contribution in [1.29, 1.82) is 0 Å². The molecule has 2 aromatic rings. The number of piperidine rings is 1. The van der Waals surface area contributed by atoms with Crippen molar-refractivity contribution >= 4 is 34.8 Å². The van der Waals surface area contributed by atoms with E-state index in [2.05, 4.69) is 4.98 Å². The summed E-state index contributed by atoms with van der Waals surface area (Å²) in [6.07, 6.45) is 0.985. The smallest absolute Gasteiger partial charge is 0.306 e. The van der Waals surface area contributed by atoms with E-state index in [9.17, 15) is 9.59 Å². The lowest BCUT2D eigenvalue weighted by Gasteiger charge is -2.29. The second kappa shape index (κ2) is 6.68. The first kappa shape index (κ1) is 16.0. The lowest BCUT2D eigenvalue weighted by atomic mass is 9.97. The largest absolute Gasteiger partial charge is 0.481 e. The fourth-order valence-electron chi connectivity index (χ4n) is 2.62. The molecule has 0 spiro atoms. The van der Waals surface area contributed by atoms with Crippen LogP contribution in [0.3, 0.4) is 0 Å². The third kappa shape index (κ3) is 3.54. The molecule has 1 fully saturated rings. The second-order valence-corrected chi connectivity index (χ2v) is 6.75.